The van der Waals surface area contributed by atoms with Crippen LogP contribution in [-0.4, -0.2) is 49.6 Å². The first-order valence-corrected chi connectivity index (χ1v) is 10.2. The van der Waals surface area contributed by atoms with Gasteiger partial charge in [0.15, 0.2) is 0 Å². The summed E-state index contributed by atoms with van der Waals surface area (Å²) in [4.78, 5) is 4.99. The minimum atomic E-state index is 0.169. The highest BCUT2D eigenvalue weighted by Gasteiger charge is 2.14. The molecule has 0 radical (unpaired) electrons. The molecule has 1 saturated heterocycles. The average molecular weight is 367 g/mol. The molecule has 0 spiro atoms. The van der Waals surface area contributed by atoms with Gasteiger partial charge in [-0.05, 0) is 67.2 Å². The largest absolute Gasteiger partial charge is 0.457 e. The molecule has 1 fully saturated rings. The molecule has 1 aliphatic rings. The van der Waals surface area contributed by atoms with Crippen LogP contribution in [0.3, 0.4) is 0 Å². The third-order valence-electron chi connectivity index (χ3n) is 5.39. The third kappa shape index (κ3) is 6.08. The molecule has 1 aliphatic heterocycles. The Balaban J connectivity index is 1.51. The molecule has 2 aromatic carbocycles. The van der Waals surface area contributed by atoms with Crippen LogP contribution in [0, 0.1) is 0 Å². The van der Waals surface area contributed by atoms with Crippen molar-refractivity contribution in [2.24, 2.45) is 0 Å². The van der Waals surface area contributed by atoms with Crippen LogP contribution in [0.15, 0.2) is 48.5 Å². The van der Waals surface area contributed by atoms with Gasteiger partial charge < -0.3 is 14.5 Å². The van der Waals surface area contributed by atoms with Crippen LogP contribution in [0.25, 0.3) is 0 Å². The number of aryl methyl sites for hydroxylation is 1. The molecular weight excluding hydrogens is 332 g/mol. The minimum Gasteiger partial charge on any atom is -0.457 e. The molecule has 2 aromatic rings. The third-order valence-corrected chi connectivity index (χ3v) is 5.39. The second-order valence-corrected chi connectivity index (χ2v) is 8.77. The predicted octanol–water partition coefficient (Wildman–Crippen LogP) is 4.96. The number of benzene rings is 2. The quantitative estimate of drug-likeness (QED) is 0.719. The molecule has 0 N–H and O–H groups in total. The number of piperazine rings is 1. The Morgan fingerprint density at radius 3 is 2.26 bits per heavy atom. The number of hydrogen-bond donors (Lipinski definition) is 0. The summed E-state index contributed by atoms with van der Waals surface area (Å²) in [5, 5.41) is 0. The summed E-state index contributed by atoms with van der Waals surface area (Å²) in [6, 6.07) is 17.0. The van der Waals surface area contributed by atoms with E-state index in [0.717, 1.165) is 17.9 Å². The van der Waals surface area contributed by atoms with Crippen LogP contribution in [0.4, 0.5) is 0 Å². The number of hydrogen-bond acceptors (Lipinski definition) is 3. The highest BCUT2D eigenvalue weighted by Crippen LogP contribution is 2.27. The Hall–Kier alpha value is -1.84. The molecule has 27 heavy (non-hydrogen) atoms. The van der Waals surface area contributed by atoms with Gasteiger partial charge in [-0.25, -0.2) is 0 Å². The maximum atomic E-state index is 6.08. The van der Waals surface area contributed by atoms with Gasteiger partial charge in [-0.1, -0.05) is 45.0 Å². The minimum absolute atomic E-state index is 0.169. The van der Waals surface area contributed by atoms with Gasteiger partial charge in [0.05, 0.1) is 0 Å². The van der Waals surface area contributed by atoms with Crippen molar-refractivity contribution < 1.29 is 4.74 Å². The molecule has 0 saturated carbocycles. The first kappa shape index (κ1) is 19.9. The second-order valence-electron chi connectivity index (χ2n) is 8.77. The molecule has 0 aliphatic carbocycles. The normalized spacial score (nSPS) is 16.4. The Bertz CT molecular complexity index is 710. The van der Waals surface area contributed by atoms with E-state index in [4.69, 9.17) is 4.74 Å². The fraction of sp³-hybridized carbons (Fsp3) is 0.500. The molecule has 146 valence electrons. The average Bonchev–Trinajstić information content (AvgIpc) is 2.63. The van der Waals surface area contributed by atoms with Gasteiger partial charge in [-0.3, -0.25) is 0 Å². The maximum absolute atomic E-state index is 6.08. The summed E-state index contributed by atoms with van der Waals surface area (Å²) in [5.41, 5.74) is 2.85. The zero-order chi connectivity index (χ0) is 19.3. The Morgan fingerprint density at radius 1 is 0.889 bits per heavy atom. The highest BCUT2D eigenvalue weighted by atomic mass is 16.5. The van der Waals surface area contributed by atoms with Gasteiger partial charge in [0.25, 0.3) is 0 Å². The Labute approximate surface area is 164 Å². The van der Waals surface area contributed by atoms with Crippen molar-refractivity contribution in [3.63, 3.8) is 0 Å². The van der Waals surface area contributed by atoms with Crippen molar-refractivity contribution in [1.29, 1.82) is 0 Å². The molecule has 3 nitrogen and oxygen atoms in total. The monoisotopic (exact) mass is 366 g/mol. The summed E-state index contributed by atoms with van der Waals surface area (Å²) in [6.45, 7) is 12.7. The summed E-state index contributed by atoms with van der Waals surface area (Å²) >= 11 is 0. The van der Waals surface area contributed by atoms with E-state index in [0.29, 0.717) is 0 Å². The molecule has 1 heterocycles. The summed E-state index contributed by atoms with van der Waals surface area (Å²) in [7, 11) is 2.21. The van der Waals surface area contributed by atoms with E-state index in [1.54, 1.807) is 0 Å². The van der Waals surface area contributed by atoms with Gasteiger partial charge >= 0.3 is 0 Å². The van der Waals surface area contributed by atoms with Crippen molar-refractivity contribution in [2.45, 2.75) is 39.0 Å². The van der Waals surface area contributed by atoms with E-state index in [-0.39, 0.29) is 5.41 Å². The maximum Gasteiger partial charge on any atom is 0.127 e. The summed E-state index contributed by atoms with van der Waals surface area (Å²) < 4.78 is 6.08. The standard InChI is InChI=1S/C24H34N2O/c1-24(2,3)21-10-12-22(13-11-21)27-23-9-5-7-20(19-23)8-6-14-26-17-15-25(4)16-18-26/h5,7,9-13,19H,6,8,14-18H2,1-4H3. The first-order valence-electron chi connectivity index (χ1n) is 10.2. The lowest BCUT2D eigenvalue weighted by Crippen LogP contribution is -2.44. The smallest absolute Gasteiger partial charge is 0.127 e. The molecule has 3 heteroatoms. The van der Waals surface area contributed by atoms with Gasteiger partial charge in [0, 0.05) is 26.2 Å². The Morgan fingerprint density at radius 2 is 1.59 bits per heavy atom. The van der Waals surface area contributed by atoms with Crippen molar-refractivity contribution in [3.8, 4) is 11.5 Å². The van der Waals surface area contributed by atoms with Crippen LogP contribution in [-0.2, 0) is 11.8 Å². The molecular formula is C24H34N2O. The van der Waals surface area contributed by atoms with Crippen molar-refractivity contribution in [3.05, 3.63) is 59.7 Å². The number of ether oxygens (including phenoxy) is 1. The molecule has 0 bridgehead atoms. The molecule has 0 unspecified atom stereocenters. The lowest BCUT2D eigenvalue weighted by molar-refractivity contribution is 0.153. The zero-order valence-electron chi connectivity index (χ0n) is 17.4. The Kier molecular flexibility index (Phi) is 6.56. The number of rotatable bonds is 6. The van der Waals surface area contributed by atoms with Crippen LogP contribution in [0.1, 0.15) is 38.3 Å². The predicted molar refractivity (Wildman–Crippen MR) is 114 cm³/mol. The van der Waals surface area contributed by atoms with Gasteiger partial charge in [0.2, 0.25) is 0 Å². The highest BCUT2D eigenvalue weighted by molar-refractivity contribution is 5.36. The van der Waals surface area contributed by atoms with Gasteiger partial charge in [-0.2, -0.15) is 0 Å². The van der Waals surface area contributed by atoms with Crippen LogP contribution < -0.4 is 4.74 Å². The van der Waals surface area contributed by atoms with E-state index in [2.05, 4.69) is 80.1 Å². The van der Waals surface area contributed by atoms with E-state index < -0.39 is 0 Å². The van der Waals surface area contributed by atoms with Crippen LogP contribution >= 0.6 is 0 Å². The fourth-order valence-electron chi connectivity index (χ4n) is 3.50. The van der Waals surface area contributed by atoms with Crippen LogP contribution in [0.2, 0.25) is 0 Å². The lowest BCUT2D eigenvalue weighted by atomic mass is 9.87. The lowest BCUT2D eigenvalue weighted by Gasteiger charge is -2.32. The van der Waals surface area contributed by atoms with Crippen molar-refractivity contribution >= 4 is 0 Å². The molecule has 3 rings (SSSR count). The second kappa shape index (κ2) is 8.90. The molecule has 0 aromatic heterocycles. The van der Waals surface area contributed by atoms with Crippen molar-refractivity contribution in [1.82, 2.24) is 9.80 Å². The van der Waals surface area contributed by atoms with Crippen molar-refractivity contribution in [2.75, 3.05) is 39.8 Å². The summed E-state index contributed by atoms with van der Waals surface area (Å²) in [5.74, 6) is 1.83. The van der Waals surface area contributed by atoms with E-state index in [1.807, 2.05) is 6.07 Å². The zero-order valence-corrected chi connectivity index (χ0v) is 17.4. The van der Waals surface area contributed by atoms with Gasteiger partial charge in [0.1, 0.15) is 11.5 Å². The number of likely N-dealkylation sites (N-methyl/N-ethyl adjacent to an activating group) is 1. The van der Waals surface area contributed by atoms with Crippen LogP contribution in [0.5, 0.6) is 11.5 Å². The fourth-order valence-corrected chi connectivity index (χ4v) is 3.50. The SMILES string of the molecule is CN1CCN(CCCc2cccc(Oc3ccc(C(C)(C)C)cc3)c2)CC1. The topological polar surface area (TPSA) is 15.7 Å². The van der Waals surface area contributed by atoms with Gasteiger partial charge in [-0.15, -0.1) is 0 Å². The first-order chi connectivity index (χ1) is 12.9. The summed E-state index contributed by atoms with van der Waals surface area (Å²) in [6.07, 6.45) is 2.31. The molecule has 0 amide bonds. The van der Waals surface area contributed by atoms with E-state index in [9.17, 15) is 0 Å². The van der Waals surface area contributed by atoms with E-state index >= 15 is 0 Å². The number of nitrogens with zero attached hydrogens (tertiary/aromatic N) is 2. The molecule has 0 atom stereocenters. The van der Waals surface area contributed by atoms with E-state index in [1.165, 1.54) is 50.3 Å².